The van der Waals surface area contributed by atoms with Gasteiger partial charge in [0.15, 0.2) is 0 Å². The highest BCUT2D eigenvalue weighted by Gasteiger charge is 2.38. The van der Waals surface area contributed by atoms with E-state index in [1.807, 2.05) is 37.1 Å². The van der Waals surface area contributed by atoms with Gasteiger partial charge in [-0.1, -0.05) is 30.3 Å². The fraction of sp³-hybridized carbons (Fsp3) is 0.389. The molecular formula is C18H22N4O2. The maximum atomic E-state index is 12.2. The number of hydrogen-bond acceptors (Lipinski definition) is 5. The zero-order chi connectivity index (χ0) is 16.9. The van der Waals surface area contributed by atoms with Gasteiger partial charge in [0.1, 0.15) is 12.1 Å². The minimum Gasteiger partial charge on any atom is -0.478 e. The zero-order valence-corrected chi connectivity index (χ0v) is 14.0. The van der Waals surface area contributed by atoms with Gasteiger partial charge in [-0.05, 0) is 12.5 Å². The van der Waals surface area contributed by atoms with E-state index in [1.165, 1.54) is 6.33 Å². The standard InChI is InChI=1S/C18H22N4O2/c1-3-24-16-10-15(20-12-21-16)19-11-14-9-17(23)22(2)18(14)13-7-5-4-6-8-13/h4-8,10,12,14,18H,3,9,11H2,1-2H3,(H,19,20,21)/t14-,18-/m1/s1. The SMILES string of the molecule is CCOc1cc(NC[C@H]2CC(=O)N(C)[C@@H]2c2ccccc2)ncn1. The molecule has 2 aromatic rings. The summed E-state index contributed by atoms with van der Waals surface area (Å²) >= 11 is 0. The Morgan fingerprint density at radius 1 is 1.29 bits per heavy atom. The number of anilines is 1. The second-order valence-electron chi connectivity index (χ2n) is 5.88. The molecule has 126 valence electrons. The van der Waals surface area contributed by atoms with Gasteiger partial charge in [0, 0.05) is 32.0 Å². The maximum absolute atomic E-state index is 12.2. The van der Waals surface area contributed by atoms with E-state index in [0.717, 1.165) is 5.56 Å². The average Bonchev–Trinajstić information content (AvgIpc) is 2.89. The van der Waals surface area contributed by atoms with E-state index in [1.54, 1.807) is 6.07 Å². The third-order valence-corrected chi connectivity index (χ3v) is 4.31. The van der Waals surface area contributed by atoms with Gasteiger partial charge in [0.25, 0.3) is 0 Å². The molecule has 1 aliphatic heterocycles. The van der Waals surface area contributed by atoms with Gasteiger partial charge in [-0.25, -0.2) is 9.97 Å². The van der Waals surface area contributed by atoms with E-state index < -0.39 is 0 Å². The van der Waals surface area contributed by atoms with Crippen molar-refractivity contribution in [3.8, 4) is 5.88 Å². The number of carbonyl (C=O) groups is 1. The van der Waals surface area contributed by atoms with Crippen molar-refractivity contribution in [3.63, 3.8) is 0 Å². The van der Waals surface area contributed by atoms with Gasteiger partial charge in [-0.15, -0.1) is 0 Å². The molecule has 1 aliphatic rings. The van der Waals surface area contributed by atoms with Crippen molar-refractivity contribution in [1.82, 2.24) is 14.9 Å². The van der Waals surface area contributed by atoms with Crippen molar-refractivity contribution >= 4 is 11.7 Å². The van der Waals surface area contributed by atoms with Crippen molar-refractivity contribution in [2.75, 3.05) is 25.5 Å². The Balaban J connectivity index is 1.71. The molecular weight excluding hydrogens is 304 g/mol. The molecule has 1 aromatic carbocycles. The van der Waals surface area contributed by atoms with Gasteiger partial charge in [-0.2, -0.15) is 0 Å². The normalized spacial score (nSPS) is 20.2. The molecule has 1 fully saturated rings. The first kappa shape index (κ1) is 16.2. The number of amides is 1. The van der Waals surface area contributed by atoms with Crippen LogP contribution in [-0.2, 0) is 4.79 Å². The van der Waals surface area contributed by atoms with E-state index in [0.29, 0.717) is 31.3 Å². The molecule has 1 saturated heterocycles. The number of aromatic nitrogens is 2. The summed E-state index contributed by atoms with van der Waals surface area (Å²) < 4.78 is 5.39. The first-order valence-electron chi connectivity index (χ1n) is 8.18. The van der Waals surface area contributed by atoms with Crippen molar-refractivity contribution in [2.45, 2.75) is 19.4 Å². The van der Waals surface area contributed by atoms with E-state index >= 15 is 0 Å². The van der Waals surface area contributed by atoms with Gasteiger partial charge in [0.2, 0.25) is 11.8 Å². The fourth-order valence-corrected chi connectivity index (χ4v) is 3.18. The lowest BCUT2D eigenvalue weighted by atomic mass is 9.93. The van der Waals surface area contributed by atoms with E-state index in [-0.39, 0.29) is 17.9 Å². The second kappa shape index (κ2) is 7.29. The number of hydrogen-bond donors (Lipinski definition) is 1. The highest BCUT2D eigenvalue weighted by atomic mass is 16.5. The third kappa shape index (κ3) is 3.48. The van der Waals surface area contributed by atoms with Crippen LogP contribution < -0.4 is 10.1 Å². The molecule has 3 rings (SSSR count). The maximum Gasteiger partial charge on any atom is 0.223 e. The number of rotatable bonds is 6. The van der Waals surface area contributed by atoms with Gasteiger partial charge < -0.3 is 15.0 Å². The minimum absolute atomic E-state index is 0.0828. The Labute approximate surface area is 141 Å². The zero-order valence-electron chi connectivity index (χ0n) is 14.0. The van der Waals surface area contributed by atoms with Crippen molar-refractivity contribution in [3.05, 3.63) is 48.3 Å². The number of nitrogens with one attached hydrogen (secondary N) is 1. The monoisotopic (exact) mass is 326 g/mol. The number of benzene rings is 1. The van der Waals surface area contributed by atoms with Crippen LogP contribution in [0.1, 0.15) is 24.9 Å². The molecule has 1 aromatic heterocycles. The Morgan fingerprint density at radius 3 is 2.83 bits per heavy atom. The van der Waals surface area contributed by atoms with Gasteiger partial charge in [-0.3, -0.25) is 4.79 Å². The summed E-state index contributed by atoms with van der Waals surface area (Å²) in [7, 11) is 1.87. The van der Waals surface area contributed by atoms with E-state index in [2.05, 4.69) is 27.4 Å². The van der Waals surface area contributed by atoms with Crippen LogP contribution in [-0.4, -0.2) is 41.0 Å². The van der Waals surface area contributed by atoms with Gasteiger partial charge >= 0.3 is 0 Å². The molecule has 0 saturated carbocycles. The summed E-state index contributed by atoms with van der Waals surface area (Å²) in [6.45, 7) is 3.15. The summed E-state index contributed by atoms with van der Waals surface area (Å²) in [6, 6.07) is 12.0. The first-order chi connectivity index (χ1) is 11.7. The lowest BCUT2D eigenvalue weighted by Gasteiger charge is -2.25. The van der Waals surface area contributed by atoms with E-state index in [4.69, 9.17) is 4.74 Å². The van der Waals surface area contributed by atoms with Crippen LogP contribution in [0.5, 0.6) is 5.88 Å². The van der Waals surface area contributed by atoms with Crippen LogP contribution in [0.4, 0.5) is 5.82 Å². The van der Waals surface area contributed by atoms with E-state index in [9.17, 15) is 4.79 Å². The van der Waals surface area contributed by atoms with Gasteiger partial charge in [0.05, 0.1) is 12.6 Å². The smallest absolute Gasteiger partial charge is 0.223 e. The average molecular weight is 326 g/mol. The van der Waals surface area contributed by atoms with Crippen LogP contribution >= 0.6 is 0 Å². The molecule has 0 aliphatic carbocycles. The number of carbonyl (C=O) groups excluding carboxylic acids is 1. The first-order valence-corrected chi connectivity index (χ1v) is 8.18. The van der Waals surface area contributed by atoms with Crippen LogP contribution in [0.3, 0.4) is 0 Å². The highest BCUT2D eigenvalue weighted by Crippen LogP contribution is 2.36. The number of likely N-dealkylation sites (tertiary alicyclic amines) is 1. The molecule has 6 nitrogen and oxygen atoms in total. The van der Waals surface area contributed by atoms with Crippen molar-refractivity contribution in [1.29, 1.82) is 0 Å². The van der Waals surface area contributed by atoms with Crippen LogP contribution in [0, 0.1) is 5.92 Å². The predicted molar refractivity (Wildman–Crippen MR) is 91.8 cm³/mol. The highest BCUT2D eigenvalue weighted by molar-refractivity contribution is 5.79. The molecule has 2 heterocycles. The topological polar surface area (TPSA) is 67.3 Å². The summed E-state index contributed by atoms with van der Waals surface area (Å²) in [4.78, 5) is 22.3. The summed E-state index contributed by atoms with van der Waals surface area (Å²) in [5.41, 5.74) is 1.16. The molecule has 1 N–H and O–H groups in total. The summed E-state index contributed by atoms with van der Waals surface area (Å²) in [5.74, 6) is 1.63. The van der Waals surface area contributed by atoms with Crippen molar-refractivity contribution < 1.29 is 9.53 Å². The Hall–Kier alpha value is -2.63. The third-order valence-electron chi connectivity index (χ3n) is 4.31. The molecule has 1 amide bonds. The molecule has 0 unspecified atom stereocenters. The fourth-order valence-electron chi connectivity index (χ4n) is 3.18. The lowest BCUT2D eigenvalue weighted by molar-refractivity contribution is -0.127. The number of nitrogens with zero attached hydrogens (tertiary/aromatic N) is 3. The molecule has 2 atom stereocenters. The predicted octanol–water partition coefficient (Wildman–Crippen LogP) is 2.51. The largest absolute Gasteiger partial charge is 0.478 e. The van der Waals surface area contributed by atoms with Crippen LogP contribution in [0.15, 0.2) is 42.7 Å². The molecule has 6 heteroatoms. The van der Waals surface area contributed by atoms with Crippen molar-refractivity contribution in [2.24, 2.45) is 5.92 Å². The Kier molecular flexibility index (Phi) is 4.93. The molecule has 0 spiro atoms. The lowest BCUT2D eigenvalue weighted by Crippen LogP contribution is -2.26. The quantitative estimate of drug-likeness (QED) is 0.883. The Morgan fingerprint density at radius 2 is 2.08 bits per heavy atom. The summed E-state index contributed by atoms with van der Waals surface area (Å²) in [6.07, 6.45) is 2.01. The molecule has 0 bridgehead atoms. The number of ether oxygens (including phenoxy) is 1. The molecule has 0 radical (unpaired) electrons. The van der Waals surface area contributed by atoms with Crippen LogP contribution in [0.25, 0.3) is 0 Å². The minimum atomic E-state index is 0.0828. The Bertz CT molecular complexity index is 692. The van der Waals surface area contributed by atoms with Crippen LogP contribution in [0.2, 0.25) is 0 Å². The summed E-state index contributed by atoms with van der Waals surface area (Å²) in [5, 5.41) is 3.32. The second-order valence-corrected chi connectivity index (χ2v) is 5.88. The molecule has 24 heavy (non-hydrogen) atoms.